The van der Waals surface area contributed by atoms with Crippen LogP contribution in [0.4, 0.5) is 11.4 Å². The van der Waals surface area contributed by atoms with Crippen LogP contribution in [0.3, 0.4) is 0 Å². The van der Waals surface area contributed by atoms with E-state index in [1.165, 1.54) is 24.1 Å². The summed E-state index contributed by atoms with van der Waals surface area (Å²) in [6.07, 6.45) is 0. The van der Waals surface area contributed by atoms with Gasteiger partial charge in [-0.05, 0) is 54.6 Å². The van der Waals surface area contributed by atoms with E-state index in [9.17, 15) is 19.7 Å². The Bertz CT molecular complexity index is 1180. The number of hydrogen-bond acceptors (Lipinski definition) is 7. The largest absolute Gasteiger partial charge is 0.497 e. The van der Waals surface area contributed by atoms with Crippen LogP contribution in [0.5, 0.6) is 23.0 Å². The molecule has 3 rings (SSSR count). The molecule has 0 atom stereocenters. The third-order valence-electron chi connectivity index (χ3n) is 4.68. The third kappa shape index (κ3) is 6.22. The Balaban J connectivity index is 1.77. The van der Waals surface area contributed by atoms with Gasteiger partial charge in [-0.3, -0.25) is 19.7 Å². The average Bonchev–Trinajstić information content (AvgIpc) is 2.83. The predicted molar refractivity (Wildman–Crippen MR) is 125 cm³/mol. The number of amides is 2. The van der Waals surface area contributed by atoms with Crippen molar-refractivity contribution < 1.29 is 28.7 Å². The predicted octanol–water partition coefficient (Wildman–Crippen LogP) is 4.12. The molecule has 0 saturated carbocycles. The number of carbonyl (C=O) groups is 2. The summed E-state index contributed by atoms with van der Waals surface area (Å²) in [6.45, 7) is -0.113. The van der Waals surface area contributed by atoms with Crippen molar-refractivity contribution >= 4 is 23.2 Å². The number of nitro groups is 1. The minimum Gasteiger partial charge on any atom is -0.497 e. The van der Waals surface area contributed by atoms with Gasteiger partial charge < -0.3 is 24.4 Å². The van der Waals surface area contributed by atoms with E-state index in [0.29, 0.717) is 22.9 Å². The molecule has 0 saturated heterocycles. The maximum absolute atomic E-state index is 13.0. The molecule has 0 aromatic heterocycles. The molecule has 0 heterocycles. The molecule has 0 radical (unpaired) electrons. The summed E-state index contributed by atoms with van der Waals surface area (Å²) in [6, 6.07) is 16.9. The maximum atomic E-state index is 13.0. The number of benzene rings is 3. The minimum atomic E-state index is -0.594. The molecule has 2 amide bonds. The van der Waals surface area contributed by atoms with E-state index >= 15 is 0 Å². The summed E-state index contributed by atoms with van der Waals surface area (Å²) in [5.74, 6) is 0.878. The normalized spacial score (nSPS) is 10.2. The molecule has 0 aliphatic rings. The van der Waals surface area contributed by atoms with Crippen LogP contribution < -0.4 is 19.5 Å². The summed E-state index contributed by atoms with van der Waals surface area (Å²) in [4.78, 5) is 36.7. The number of likely N-dealkylation sites (N-methyl/N-ethyl adjacent to an activating group) is 1. The van der Waals surface area contributed by atoms with Crippen LogP contribution in [0.2, 0.25) is 0 Å². The number of nitro benzene ring substituents is 1. The van der Waals surface area contributed by atoms with Crippen molar-refractivity contribution in [1.29, 1.82) is 0 Å². The number of rotatable bonds is 9. The van der Waals surface area contributed by atoms with Crippen LogP contribution in [-0.4, -0.2) is 49.4 Å². The first kappa shape index (κ1) is 24.1. The summed E-state index contributed by atoms with van der Waals surface area (Å²) < 4.78 is 16.3. The summed E-state index contributed by atoms with van der Waals surface area (Å²) in [5, 5.41) is 13.9. The molecule has 0 fully saturated rings. The fraction of sp³-hybridized carbons (Fsp3) is 0.167. The third-order valence-corrected chi connectivity index (χ3v) is 4.68. The van der Waals surface area contributed by atoms with Gasteiger partial charge in [0.2, 0.25) is 0 Å². The van der Waals surface area contributed by atoms with Gasteiger partial charge >= 0.3 is 0 Å². The van der Waals surface area contributed by atoms with Gasteiger partial charge in [0.15, 0.2) is 6.61 Å². The van der Waals surface area contributed by atoms with E-state index in [4.69, 9.17) is 14.2 Å². The molecule has 0 bridgehead atoms. The molecule has 3 aromatic rings. The number of nitrogens with zero attached hydrogens (tertiary/aromatic N) is 2. The molecule has 0 spiro atoms. The van der Waals surface area contributed by atoms with Gasteiger partial charge in [0.1, 0.15) is 23.0 Å². The van der Waals surface area contributed by atoms with Crippen LogP contribution >= 0.6 is 0 Å². The Morgan fingerprint density at radius 2 is 1.56 bits per heavy atom. The van der Waals surface area contributed by atoms with Gasteiger partial charge in [-0.25, -0.2) is 0 Å². The van der Waals surface area contributed by atoms with E-state index in [2.05, 4.69) is 5.32 Å². The fourth-order valence-electron chi connectivity index (χ4n) is 2.78. The summed E-state index contributed by atoms with van der Waals surface area (Å²) in [5.41, 5.74) is 0.168. The van der Waals surface area contributed by atoms with Crippen molar-refractivity contribution in [1.82, 2.24) is 4.90 Å². The monoisotopic (exact) mass is 465 g/mol. The molecular formula is C24H23N3O7. The molecule has 1 N–H and O–H groups in total. The molecule has 0 aliphatic heterocycles. The van der Waals surface area contributed by atoms with E-state index in [1.807, 2.05) is 0 Å². The second-order valence-corrected chi connectivity index (χ2v) is 7.27. The number of hydrogen-bond donors (Lipinski definition) is 1. The van der Waals surface area contributed by atoms with Gasteiger partial charge in [-0.1, -0.05) is 0 Å². The smallest absolute Gasteiger partial charge is 0.270 e. The number of ether oxygens (including phenoxy) is 3. The van der Waals surface area contributed by atoms with Crippen molar-refractivity contribution in [3.63, 3.8) is 0 Å². The zero-order valence-electron chi connectivity index (χ0n) is 18.8. The van der Waals surface area contributed by atoms with Gasteiger partial charge in [0.05, 0.1) is 17.6 Å². The Kier molecular flexibility index (Phi) is 7.65. The Morgan fingerprint density at radius 1 is 0.941 bits per heavy atom. The number of nitrogens with one attached hydrogen (secondary N) is 1. The lowest BCUT2D eigenvalue weighted by atomic mass is 10.1. The van der Waals surface area contributed by atoms with Crippen molar-refractivity contribution in [3.8, 4) is 23.0 Å². The number of anilines is 1. The fourth-order valence-corrected chi connectivity index (χ4v) is 2.78. The topological polar surface area (TPSA) is 120 Å². The Labute approximate surface area is 195 Å². The van der Waals surface area contributed by atoms with Gasteiger partial charge in [-0.15, -0.1) is 0 Å². The van der Waals surface area contributed by atoms with Crippen LogP contribution in [0.1, 0.15) is 10.4 Å². The summed E-state index contributed by atoms with van der Waals surface area (Å²) in [7, 11) is 4.80. The SMILES string of the molecule is COc1ccc(Oc2ccc([N+](=O)[O-])cc2C(=O)Nc2ccc(OCC(=O)N(C)C)cc2)cc1. The van der Waals surface area contributed by atoms with Gasteiger partial charge in [0, 0.05) is 31.9 Å². The zero-order chi connectivity index (χ0) is 24.7. The van der Waals surface area contributed by atoms with Crippen LogP contribution in [-0.2, 0) is 4.79 Å². The highest BCUT2D eigenvalue weighted by Gasteiger charge is 2.19. The van der Waals surface area contributed by atoms with Crippen molar-refractivity contribution in [2.45, 2.75) is 0 Å². The second kappa shape index (κ2) is 10.8. The van der Waals surface area contributed by atoms with Crippen molar-refractivity contribution in [2.75, 3.05) is 33.1 Å². The molecule has 10 nitrogen and oxygen atoms in total. The van der Waals surface area contributed by atoms with E-state index in [-0.39, 0.29) is 29.5 Å². The molecule has 176 valence electrons. The van der Waals surface area contributed by atoms with E-state index in [0.717, 1.165) is 6.07 Å². The Hall–Kier alpha value is -4.60. The number of non-ortho nitro benzene ring substituents is 1. The van der Waals surface area contributed by atoms with Gasteiger partial charge in [0.25, 0.3) is 17.5 Å². The first-order chi connectivity index (χ1) is 16.3. The molecular weight excluding hydrogens is 442 g/mol. The number of methoxy groups -OCH3 is 1. The molecule has 10 heteroatoms. The lowest BCUT2D eigenvalue weighted by Crippen LogP contribution is -2.27. The van der Waals surface area contributed by atoms with Crippen molar-refractivity contribution in [2.24, 2.45) is 0 Å². The molecule has 34 heavy (non-hydrogen) atoms. The highest BCUT2D eigenvalue weighted by atomic mass is 16.6. The average molecular weight is 465 g/mol. The standard InChI is InChI=1S/C24H23N3O7/c1-26(2)23(28)15-33-19-7-4-16(5-8-19)25-24(29)21-14-17(27(30)31)6-13-22(21)34-20-11-9-18(32-3)10-12-20/h4-14H,15H2,1-3H3,(H,25,29). The first-order valence-corrected chi connectivity index (χ1v) is 10.1. The van der Waals surface area contributed by atoms with Crippen LogP contribution in [0, 0.1) is 10.1 Å². The quantitative estimate of drug-likeness (QED) is 0.373. The second-order valence-electron chi connectivity index (χ2n) is 7.27. The summed E-state index contributed by atoms with van der Waals surface area (Å²) >= 11 is 0. The number of carbonyl (C=O) groups excluding carboxylic acids is 2. The van der Waals surface area contributed by atoms with Crippen LogP contribution in [0.25, 0.3) is 0 Å². The molecule has 0 aliphatic carbocycles. The van der Waals surface area contributed by atoms with Crippen LogP contribution in [0.15, 0.2) is 66.7 Å². The first-order valence-electron chi connectivity index (χ1n) is 10.1. The van der Waals surface area contributed by atoms with E-state index in [1.54, 1.807) is 62.6 Å². The molecule has 0 unspecified atom stereocenters. The Morgan fingerprint density at radius 3 is 2.15 bits per heavy atom. The highest BCUT2D eigenvalue weighted by molar-refractivity contribution is 6.06. The maximum Gasteiger partial charge on any atom is 0.270 e. The minimum absolute atomic E-state index is 0.0121. The van der Waals surface area contributed by atoms with E-state index < -0.39 is 10.8 Å². The lowest BCUT2D eigenvalue weighted by Gasteiger charge is -2.13. The van der Waals surface area contributed by atoms with Gasteiger partial charge in [-0.2, -0.15) is 0 Å². The van der Waals surface area contributed by atoms with Crippen molar-refractivity contribution in [3.05, 3.63) is 82.4 Å². The zero-order valence-corrected chi connectivity index (χ0v) is 18.8. The molecule has 3 aromatic carbocycles. The highest BCUT2D eigenvalue weighted by Crippen LogP contribution is 2.30. The lowest BCUT2D eigenvalue weighted by molar-refractivity contribution is -0.384.